The Labute approximate surface area is 315 Å². The van der Waals surface area contributed by atoms with Crippen molar-refractivity contribution in [2.45, 2.75) is 193 Å². The summed E-state index contributed by atoms with van der Waals surface area (Å²) in [6, 6.07) is -1.53. The monoisotopic (exact) mass is 760 g/mol. The molecular formula is C40H74NO10P. The highest BCUT2D eigenvalue weighted by Crippen LogP contribution is 2.43. The summed E-state index contributed by atoms with van der Waals surface area (Å²) in [6.07, 6.45) is 35.9. The second kappa shape index (κ2) is 36.0. The van der Waals surface area contributed by atoms with Crippen molar-refractivity contribution in [3.05, 3.63) is 24.3 Å². The number of unbranched alkanes of at least 4 members (excludes halogenated alkanes) is 23. The predicted octanol–water partition coefficient (Wildman–Crippen LogP) is 10.3. The average Bonchev–Trinajstić information content (AvgIpc) is 3.12. The number of phosphoric ester groups is 1. The standard InChI is InChI=1S/C40H74NO10P/c1-3-5-7-9-11-13-15-17-18-20-22-24-26-28-30-32-39(43)51-36(34-49-52(46,47)50-35-37(41)40(44)45)33-48-38(42)31-29-27-25-23-21-19-16-14-12-10-8-6-4-2/h26,28,30,32,36-37H,3-25,27,29,31,33-35,41H2,1-2H3,(H,44,45)(H,46,47)/b28-26+,32-30+/t36-,37+/m1/s1. The van der Waals surface area contributed by atoms with E-state index in [2.05, 4.69) is 18.4 Å². The average molecular weight is 760 g/mol. The molecule has 0 aliphatic rings. The van der Waals surface area contributed by atoms with Crippen LogP contribution in [0.5, 0.6) is 0 Å². The fourth-order valence-corrected chi connectivity index (χ4v) is 6.34. The number of nitrogens with two attached hydrogens (primary N) is 1. The summed E-state index contributed by atoms with van der Waals surface area (Å²) in [5.41, 5.74) is 5.31. The Hall–Kier alpha value is -2.04. The van der Waals surface area contributed by atoms with Crippen molar-refractivity contribution in [2.75, 3.05) is 19.8 Å². The molecular weight excluding hydrogens is 685 g/mol. The minimum absolute atomic E-state index is 0.206. The van der Waals surface area contributed by atoms with Gasteiger partial charge in [0.1, 0.15) is 12.6 Å². The highest BCUT2D eigenvalue weighted by atomic mass is 31.2. The quantitative estimate of drug-likeness (QED) is 0.0180. The first-order chi connectivity index (χ1) is 25.1. The molecule has 0 aromatic rings. The number of carboxylic acids is 1. The van der Waals surface area contributed by atoms with Crippen LogP contribution in [0.1, 0.15) is 181 Å². The van der Waals surface area contributed by atoms with Gasteiger partial charge in [-0.2, -0.15) is 0 Å². The summed E-state index contributed by atoms with van der Waals surface area (Å²) in [6.45, 7) is 2.69. The maximum Gasteiger partial charge on any atom is 0.472 e. The molecule has 0 rings (SSSR count). The van der Waals surface area contributed by atoms with E-state index < -0.39 is 51.1 Å². The molecule has 0 saturated heterocycles. The maximum absolute atomic E-state index is 12.5. The maximum atomic E-state index is 12.5. The molecule has 0 aliphatic heterocycles. The van der Waals surface area contributed by atoms with E-state index in [-0.39, 0.29) is 13.0 Å². The lowest BCUT2D eigenvalue weighted by atomic mass is 10.0. The second-order valence-corrected chi connectivity index (χ2v) is 15.3. The van der Waals surface area contributed by atoms with Crippen molar-refractivity contribution in [1.82, 2.24) is 0 Å². The van der Waals surface area contributed by atoms with Gasteiger partial charge in [0, 0.05) is 12.5 Å². The molecule has 0 aromatic carbocycles. The first kappa shape index (κ1) is 50.0. The highest BCUT2D eigenvalue weighted by molar-refractivity contribution is 7.47. The van der Waals surface area contributed by atoms with Gasteiger partial charge in [0.15, 0.2) is 6.10 Å². The van der Waals surface area contributed by atoms with E-state index in [9.17, 15) is 23.8 Å². The predicted molar refractivity (Wildman–Crippen MR) is 208 cm³/mol. The first-order valence-electron chi connectivity index (χ1n) is 20.4. The molecule has 0 fully saturated rings. The Bertz CT molecular complexity index is 989. The van der Waals surface area contributed by atoms with Gasteiger partial charge in [0.25, 0.3) is 0 Å². The van der Waals surface area contributed by atoms with Crippen LogP contribution in [0, 0.1) is 0 Å². The lowest BCUT2D eigenvalue weighted by molar-refractivity contribution is -0.157. The van der Waals surface area contributed by atoms with Gasteiger partial charge in [-0.05, 0) is 19.3 Å². The Kier molecular flexibility index (Phi) is 34.6. The van der Waals surface area contributed by atoms with Crippen LogP contribution in [-0.4, -0.2) is 59.9 Å². The van der Waals surface area contributed by atoms with Crippen LogP contribution in [0.4, 0.5) is 0 Å². The van der Waals surface area contributed by atoms with E-state index in [4.69, 9.17) is 24.8 Å². The zero-order valence-electron chi connectivity index (χ0n) is 32.7. The normalized spacial score (nSPS) is 14.1. The Morgan fingerprint density at radius 1 is 0.635 bits per heavy atom. The number of carbonyl (C=O) groups is 3. The SMILES string of the molecule is CCCCCCCCCCCCC/C=C/C=C/C(=O)O[C@H](COC(=O)CCCCCCCCCCCCCCC)COP(=O)(O)OC[C@H](N)C(=O)O. The number of ether oxygens (including phenoxy) is 2. The fraction of sp³-hybridized carbons (Fsp3) is 0.825. The molecule has 11 nitrogen and oxygen atoms in total. The number of phosphoric acid groups is 1. The van der Waals surface area contributed by atoms with Crippen molar-refractivity contribution >= 4 is 25.7 Å². The van der Waals surface area contributed by atoms with Gasteiger partial charge in [-0.3, -0.25) is 18.6 Å². The van der Waals surface area contributed by atoms with Crippen molar-refractivity contribution in [1.29, 1.82) is 0 Å². The summed E-state index contributed by atoms with van der Waals surface area (Å²) < 4.78 is 32.4. The van der Waals surface area contributed by atoms with E-state index in [0.717, 1.165) is 32.1 Å². The van der Waals surface area contributed by atoms with Crippen molar-refractivity contribution < 1.29 is 47.5 Å². The van der Waals surface area contributed by atoms with Gasteiger partial charge in [0.2, 0.25) is 0 Å². The van der Waals surface area contributed by atoms with Crippen LogP contribution < -0.4 is 5.73 Å². The Morgan fingerprint density at radius 3 is 1.56 bits per heavy atom. The summed E-state index contributed by atoms with van der Waals surface area (Å²) in [7, 11) is -4.73. The number of carbonyl (C=O) groups excluding carboxylic acids is 2. The molecule has 0 aromatic heterocycles. The number of carboxylic acid groups (broad SMARTS) is 1. The topological polar surface area (TPSA) is 172 Å². The summed E-state index contributed by atoms with van der Waals surface area (Å²) in [5, 5.41) is 8.86. The molecule has 3 atom stereocenters. The van der Waals surface area contributed by atoms with Gasteiger partial charge in [-0.1, -0.05) is 173 Å². The van der Waals surface area contributed by atoms with E-state index in [1.54, 1.807) is 12.2 Å². The lowest BCUT2D eigenvalue weighted by Gasteiger charge is -2.19. The molecule has 0 heterocycles. The molecule has 52 heavy (non-hydrogen) atoms. The number of aliphatic carboxylic acids is 1. The van der Waals surface area contributed by atoms with Crippen molar-refractivity contribution in [3.8, 4) is 0 Å². The number of rotatable bonds is 38. The van der Waals surface area contributed by atoms with Gasteiger partial charge in [-0.25, -0.2) is 9.36 Å². The fourth-order valence-electron chi connectivity index (χ4n) is 5.56. The van der Waals surface area contributed by atoms with Crippen LogP contribution >= 0.6 is 7.82 Å². The van der Waals surface area contributed by atoms with Gasteiger partial charge < -0.3 is 25.2 Å². The molecule has 304 valence electrons. The number of allylic oxidation sites excluding steroid dienone is 3. The highest BCUT2D eigenvalue weighted by Gasteiger charge is 2.27. The van der Waals surface area contributed by atoms with Crippen molar-refractivity contribution in [3.63, 3.8) is 0 Å². The molecule has 0 amide bonds. The molecule has 0 spiro atoms. The Morgan fingerprint density at radius 2 is 1.08 bits per heavy atom. The summed E-state index contributed by atoms with van der Waals surface area (Å²) >= 11 is 0. The van der Waals surface area contributed by atoms with Crippen LogP contribution in [0.2, 0.25) is 0 Å². The summed E-state index contributed by atoms with van der Waals surface area (Å²) in [5.74, 6) is -2.63. The molecule has 0 radical (unpaired) electrons. The minimum atomic E-state index is -4.73. The first-order valence-corrected chi connectivity index (χ1v) is 21.9. The minimum Gasteiger partial charge on any atom is -0.480 e. The van der Waals surface area contributed by atoms with E-state index in [0.29, 0.717) is 6.42 Å². The smallest absolute Gasteiger partial charge is 0.472 e. The second-order valence-electron chi connectivity index (χ2n) is 13.9. The number of esters is 2. The molecule has 0 saturated carbocycles. The van der Waals surface area contributed by atoms with Crippen LogP contribution in [0.3, 0.4) is 0 Å². The molecule has 0 aliphatic carbocycles. The zero-order chi connectivity index (χ0) is 38.5. The third-order valence-corrected chi connectivity index (χ3v) is 9.76. The third kappa shape index (κ3) is 35.0. The lowest BCUT2D eigenvalue weighted by Crippen LogP contribution is -2.34. The zero-order valence-corrected chi connectivity index (χ0v) is 33.5. The van der Waals surface area contributed by atoms with Gasteiger partial charge >= 0.3 is 25.7 Å². The van der Waals surface area contributed by atoms with Crippen molar-refractivity contribution in [2.24, 2.45) is 5.73 Å². The van der Waals surface area contributed by atoms with E-state index in [1.807, 2.05) is 6.08 Å². The van der Waals surface area contributed by atoms with Crippen LogP contribution in [0.25, 0.3) is 0 Å². The molecule has 4 N–H and O–H groups in total. The largest absolute Gasteiger partial charge is 0.480 e. The molecule has 1 unspecified atom stereocenters. The number of hydrogen-bond donors (Lipinski definition) is 3. The van der Waals surface area contributed by atoms with Crippen LogP contribution in [0.15, 0.2) is 24.3 Å². The van der Waals surface area contributed by atoms with Crippen LogP contribution in [-0.2, 0) is 37.5 Å². The van der Waals surface area contributed by atoms with E-state index in [1.165, 1.54) is 128 Å². The molecule has 12 heteroatoms. The van der Waals surface area contributed by atoms with E-state index >= 15 is 0 Å². The summed E-state index contributed by atoms with van der Waals surface area (Å²) in [4.78, 5) is 45.7. The molecule has 0 bridgehead atoms. The third-order valence-electron chi connectivity index (χ3n) is 8.81. The Balaban J connectivity index is 4.50. The van der Waals surface area contributed by atoms with Gasteiger partial charge in [-0.15, -0.1) is 0 Å². The number of hydrogen-bond acceptors (Lipinski definition) is 9. The van der Waals surface area contributed by atoms with Gasteiger partial charge in [0.05, 0.1) is 13.2 Å².